The number of aryl methyl sites for hydroxylation is 1. The van der Waals surface area contributed by atoms with Crippen molar-refractivity contribution in [2.75, 3.05) is 26.8 Å². The normalized spacial score (nSPS) is 15.1. The number of carbonyl (C=O) groups is 1. The predicted molar refractivity (Wildman–Crippen MR) is 115 cm³/mol. The van der Waals surface area contributed by atoms with Crippen LogP contribution in [0.3, 0.4) is 0 Å². The fraction of sp³-hybridized carbons (Fsp3) is 0.458. The van der Waals surface area contributed by atoms with Gasteiger partial charge in [-0.1, -0.05) is 35.9 Å². The van der Waals surface area contributed by atoms with E-state index in [1.807, 2.05) is 19.1 Å². The Bertz CT molecular complexity index is 796. The predicted octanol–water partition coefficient (Wildman–Crippen LogP) is 3.93. The zero-order chi connectivity index (χ0) is 20.6. The minimum Gasteiger partial charge on any atom is -0.493 e. The van der Waals surface area contributed by atoms with Gasteiger partial charge >= 0.3 is 0 Å². The van der Waals surface area contributed by atoms with Crippen LogP contribution in [0.15, 0.2) is 42.5 Å². The van der Waals surface area contributed by atoms with Crippen LogP contribution in [-0.4, -0.2) is 37.6 Å². The van der Waals surface area contributed by atoms with Gasteiger partial charge in [0, 0.05) is 19.0 Å². The number of hydrogen-bond donors (Lipinski definition) is 1. The average molecular weight is 397 g/mol. The van der Waals surface area contributed by atoms with Crippen molar-refractivity contribution in [2.24, 2.45) is 5.92 Å². The monoisotopic (exact) mass is 396 g/mol. The summed E-state index contributed by atoms with van der Waals surface area (Å²) in [5, 5.41) is 3.10. The molecule has 1 amide bonds. The van der Waals surface area contributed by atoms with Crippen molar-refractivity contribution in [3.63, 3.8) is 0 Å². The maximum atomic E-state index is 12.5. The Morgan fingerprint density at radius 3 is 2.41 bits per heavy atom. The highest BCUT2D eigenvalue weighted by molar-refractivity contribution is 5.78. The van der Waals surface area contributed by atoms with Crippen molar-refractivity contribution in [1.82, 2.24) is 10.2 Å². The number of rotatable bonds is 8. The number of amides is 1. The van der Waals surface area contributed by atoms with Gasteiger partial charge in [-0.05, 0) is 63.0 Å². The molecule has 2 aromatic carbocycles. The molecule has 156 valence electrons. The molecule has 2 aromatic rings. The lowest BCUT2D eigenvalue weighted by molar-refractivity contribution is -0.126. The van der Waals surface area contributed by atoms with E-state index < -0.39 is 0 Å². The van der Waals surface area contributed by atoms with Crippen LogP contribution in [0.5, 0.6) is 11.5 Å². The molecule has 0 radical (unpaired) electrons. The van der Waals surface area contributed by atoms with E-state index in [2.05, 4.69) is 47.5 Å². The number of hydrogen-bond acceptors (Lipinski definition) is 4. The molecule has 1 saturated heterocycles. The summed E-state index contributed by atoms with van der Waals surface area (Å²) in [7, 11) is 1.67. The Hall–Kier alpha value is -2.53. The first-order valence-electron chi connectivity index (χ1n) is 10.4. The van der Waals surface area contributed by atoms with Gasteiger partial charge in [0.25, 0.3) is 0 Å². The van der Waals surface area contributed by atoms with Crippen molar-refractivity contribution in [1.29, 1.82) is 0 Å². The first-order valence-corrected chi connectivity index (χ1v) is 10.4. The summed E-state index contributed by atoms with van der Waals surface area (Å²) in [4.78, 5) is 14.9. The number of likely N-dealkylation sites (tertiary alicyclic amines) is 1. The Labute approximate surface area is 174 Å². The van der Waals surface area contributed by atoms with E-state index in [4.69, 9.17) is 9.47 Å². The van der Waals surface area contributed by atoms with Gasteiger partial charge in [0.1, 0.15) is 0 Å². The SMILES string of the molecule is CCOc1ccc(CN2CCC(C(=O)NCc3ccc(C)cc3)CC2)cc1OC. The van der Waals surface area contributed by atoms with Gasteiger partial charge < -0.3 is 14.8 Å². The number of nitrogens with one attached hydrogen (secondary N) is 1. The third kappa shape index (κ3) is 5.97. The summed E-state index contributed by atoms with van der Waals surface area (Å²) in [6.45, 7) is 7.98. The number of ether oxygens (including phenoxy) is 2. The number of carbonyl (C=O) groups excluding carboxylic acids is 1. The first-order chi connectivity index (χ1) is 14.1. The molecule has 1 aliphatic rings. The number of nitrogens with zero attached hydrogens (tertiary/aromatic N) is 1. The van der Waals surface area contributed by atoms with Crippen molar-refractivity contribution in [3.8, 4) is 11.5 Å². The van der Waals surface area contributed by atoms with E-state index in [1.165, 1.54) is 11.1 Å². The third-order valence-electron chi connectivity index (χ3n) is 5.48. The van der Waals surface area contributed by atoms with Crippen molar-refractivity contribution in [2.45, 2.75) is 39.8 Å². The zero-order valence-corrected chi connectivity index (χ0v) is 17.7. The standard InChI is InChI=1S/C24H32N2O3/c1-4-29-22-10-9-20(15-23(22)28-3)17-26-13-11-21(12-14-26)24(27)25-16-19-7-5-18(2)6-8-19/h5-10,15,21H,4,11-14,16-17H2,1-3H3,(H,25,27). The third-order valence-corrected chi connectivity index (χ3v) is 5.48. The van der Waals surface area contributed by atoms with Crippen molar-refractivity contribution < 1.29 is 14.3 Å². The van der Waals surface area contributed by atoms with Gasteiger partial charge in [0.2, 0.25) is 5.91 Å². The Kier molecular flexibility index (Phi) is 7.53. The molecular weight excluding hydrogens is 364 g/mol. The van der Waals surface area contributed by atoms with E-state index in [0.29, 0.717) is 13.2 Å². The summed E-state index contributed by atoms with van der Waals surface area (Å²) >= 11 is 0. The number of piperidine rings is 1. The second-order valence-corrected chi connectivity index (χ2v) is 7.67. The van der Waals surface area contributed by atoms with Crippen LogP contribution >= 0.6 is 0 Å². The van der Waals surface area contributed by atoms with Crippen LogP contribution in [0.1, 0.15) is 36.5 Å². The average Bonchev–Trinajstić information content (AvgIpc) is 2.75. The fourth-order valence-corrected chi connectivity index (χ4v) is 3.74. The Morgan fingerprint density at radius 2 is 1.76 bits per heavy atom. The van der Waals surface area contributed by atoms with Crippen LogP contribution in [-0.2, 0) is 17.9 Å². The largest absolute Gasteiger partial charge is 0.493 e. The van der Waals surface area contributed by atoms with Crippen molar-refractivity contribution >= 4 is 5.91 Å². The van der Waals surface area contributed by atoms with Crippen molar-refractivity contribution in [3.05, 3.63) is 59.2 Å². The lowest BCUT2D eigenvalue weighted by atomic mass is 9.95. The maximum absolute atomic E-state index is 12.5. The highest BCUT2D eigenvalue weighted by atomic mass is 16.5. The molecule has 1 heterocycles. The second kappa shape index (κ2) is 10.3. The molecule has 0 aliphatic carbocycles. The molecule has 1 aliphatic heterocycles. The van der Waals surface area contributed by atoms with Gasteiger partial charge in [0.15, 0.2) is 11.5 Å². The molecule has 0 bridgehead atoms. The lowest BCUT2D eigenvalue weighted by Gasteiger charge is -2.31. The second-order valence-electron chi connectivity index (χ2n) is 7.67. The summed E-state index contributed by atoms with van der Waals surface area (Å²) in [6, 6.07) is 14.4. The smallest absolute Gasteiger partial charge is 0.223 e. The molecule has 0 atom stereocenters. The molecule has 5 nitrogen and oxygen atoms in total. The fourth-order valence-electron chi connectivity index (χ4n) is 3.74. The van der Waals surface area contributed by atoms with Crippen LogP contribution in [0.4, 0.5) is 0 Å². The number of benzene rings is 2. The summed E-state index contributed by atoms with van der Waals surface area (Å²) in [5.41, 5.74) is 3.58. The van der Waals surface area contributed by atoms with E-state index in [-0.39, 0.29) is 11.8 Å². The number of methoxy groups -OCH3 is 1. The van der Waals surface area contributed by atoms with E-state index in [0.717, 1.165) is 49.5 Å². The van der Waals surface area contributed by atoms with Gasteiger partial charge in [-0.15, -0.1) is 0 Å². The molecule has 0 unspecified atom stereocenters. The summed E-state index contributed by atoms with van der Waals surface area (Å²) < 4.78 is 11.0. The molecule has 3 rings (SSSR count). The van der Waals surface area contributed by atoms with Crippen LogP contribution in [0, 0.1) is 12.8 Å². The van der Waals surface area contributed by atoms with E-state index in [1.54, 1.807) is 7.11 Å². The zero-order valence-electron chi connectivity index (χ0n) is 17.7. The minimum absolute atomic E-state index is 0.103. The highest BCUT2D eigenvalue weighted by Crippen LogP contribution is 2.29. The molecule has 1 N–H and O–H groups in total. The highest BCUT2D eigenvalue weighted by Gasteiger charge is 2.25. The van der Waals surface area contributed by atoms with Gasteiger partial charge in [-0.3, -0.25) is 9.69 Å². The Balaban J connectivity index is 1.46. The van der Waals surface area contributed by atoms with Gasteiger partial charge in [0.05, 0.1) is 13.7 Å². The van der Waals surface area contributed by atoms with Crippen LogP contribution in [0.2, 0.25) is 0 Å². The van der Waals surface area contributed by atoms with E-state index >= 15 is 0 Å². The van der Waals surface area contributed by atoms with Crippen LogP contribution < -0.4 is 14.8 Å². The summed E-state index contributed by atoms with van der Waals surface area (Å²) in [6.07, 6.45) is 1.79. The van der Waals surface area contributed by atoms with Gasteiger partial charge in [-0.25, -0.2) is 0 Å². The van der Waals surface area contributed by atoms with E-state index in [9.17, 15) is 4.79 Å². The lowest BCUT2D eigenvalue weighted by Crippen LogP contribution is -2.40. The Morgan fingerprint density at radius 1 is 1.07 bits per heavy atom. The first kappa shape index (κ1) is 21.2. The molecule has 0 spiro atoms. The summed E-state index contributed by atoms with van der Waals surface area (Å²) in [5.74, 6) is 1.83. The van der Waals surface area contributed by atoms with Gasteiger partial charge in [-0.2, -0.15) is 0 Å². The minimum atomic E-state index is 0.103. The maximum Gasteiger partial charge on any atom is 0.223 e. The molecule has 0 saturated carbocycles. The quantitative estimate of drug-likeness (QED) is 0.735. The molecule has 1 fully saturated rings. The van der Waals surface area contributed by atoms with Crippen LogP contribution in [0.25, 0.3) is 0 Å². The topological polar surface area (TPSA) is 50.8 Å². The molecule has 5 heteroatoms. The molecule has 29 heavy (non-hydrogen) atoms. The molecule has 0 aromatic heterocycles. The molecular formula is C24H32N2O3.